The van der Waals surface area contributed by atoms with Crippen LogP contribution in [0.4, 0.5) is 16.2 Å². The molecule has 0 unspecified atom stereocenters. The zero-order valence-corrected chi connectivity index (χ0v) is 20.1. The number of rotatable bonds is 8. The first kappa shape index (κ1) is 25.3. The SMILES string of the molecule is CCN(CC)c1ccc(-c2ccc(N3CCN(C(=O)N[C@@H](C(=O)NO)[C@H](C)O)CC3)cc2)cc1. The second-order valence-electron chi connectivity index (χ2n) is 8.38. The number of aliphatic hydroxyl groups excluding tert-OH is 1. The Morgan fingerprint density at radius 2 is 1.47 bits per heavy atom. The van der Waals surface area contributed by atoms with E-state index in [1.165, 1.54) is 23.7 Å². The summed E-state index contributed by atoms with van der Waals surface area (Å²) in [5.74, 6) is -0.857. The molecule has 2 aromatic carbocycles. The topological polar surface area (TPSA) is 108 Å². The van der Waals surface area contributed by atoms with Gasteiger partial charge >= 0.3 is 6.03 Å². The van der Waals surface area contributed by atoms with E-state index in [0.29, 0.717) is 26.2 Å². The van der Waals surface area contributed by atoms with Gasteiger partial charge in [-0.15, -0.1) is 0 Å². The van der Waals surface area contributed by atoms with E-state index in [0.717, 1.165) is 24.3 Å². The van der Waals surface area contributed by atoms with Crippen LogP contribution in [0.2, 0.25) is 0 Å². The molecule has 0 radical (unpaired) electrons. The van der Waals surface area contributed by atoms with Gasteiger partial charge in [-0.05, 0) is 56.2 Å². The summed E-state index contributed by atoms with van der Waals surface area (Å²) in [6, 6.07) is 15.4. The van der Waals surface area contributed by atoms with Gasteiger partial charge in [-0.25, -0.2) is 10.3 Å². The smallest absolute Gasteiger partial charge is 0.318 e. The largest absolute Gasteiger partial charge is 0.391 e. The number of urea groups is 1. The molecular formula is C25H35N5O4. The van der Waals surface area contributed by atoms with Crippen LogP contribution in [-0.2, 0) is 4.79 Å². The van der Waals surface area contributed by atoms with Crippen molar-refractivity contribution < 1.29 is 19.9 Å². The highest BCUT2D eigenvalue weighted by atomic mass is 16.5. The highest BCUT2D eigenvalue weighted by Crippen LogP contribution is 2.26. The van der Waals surface area contributed by atoms with Crippen molar-refractivity contribution in [1.29, 1.82) is 0 Å². The second kappa shape index (κ2) is 11.7. The maximum atomic E-state index is 12.5. The molecule has 1 fully saturated rings. The Morgan fingerprint density at radius 3 is 1.94 bits per heavy atom. The summed E-state index contributed by atoms with van der Waals surface area (Å²) in [6.07, 6.45) is -1.13. The third-order valence-corrected chi connectivity index (χ3v) is 6.28. The van der Waals surface area contributed by atoms with E-state index >= 15 is 0 Å². The number of hydroxylamine groups is 1. The molecule has 9 nitrogen and oxygen atoms in total. The van der Waals surface area contributed by atoms with Gasteiger partial charge in [0.15, 0.2) is 0 Å². The van der Waals surface area contributed by atoms with Crippen LogP contribution in [0.15, 0.2) is 48.5 Å². The molecule has 1 saturated heterocycles. The number of hydrogen-bond acceptors (Lipinski definition) is 6. The number of amides is 3. The summed E-state index contributed by atoms with van der Waals surface area (Å²) in [7, 11) is 0. The van der Waals surface area contributed by atoms with Crippen LogP contribution in [0.25, 0.3) is 11.1 Å². The molecule has 2 atom stereocenters. The first-order chi connectivity index (χ1) is 16.4. The molecule has 1 aliphatic heterocycles. The fraction of sp³-hybridized carbons (Fsp3) is 0.440. The van der Waals surface area contributed by atoms with E-state index in [1.54, 1.807) is 4.90 Å². The van der Waals surface area contributed by atoms with Gasteiger partial charge in [0.1, 0.15) is 6.04 Å². The second-order valence-corrected chi connectivity index (χ2v) is 8.38. The lowest BCUT2D eigenvalue weighted by Gasteiger charge is -2.36. The Labute approximate surface area is 200 Å². The van der Waals surface area contributed by atoms with E-state index in [4.69, 9.17) is 5.21 Å². The van der Waals surface area contributed by atoms with Crippen LogP contribution in [0.1, 0.15) is 20.8 Å². The first-order valence-electron chi connectivity index (χ1n) is 11.8. The first-order valence-corrected chi connectivity index (χ1v) is 11.8. The highest BCUT2D eigenvalue weighted by Gasteiger charge is 2.29. The van der Waals surface area contributed by atoms with Gasteiger partial charge in [-0.2, -0.15) is 0 Å². The molecule has 1 aliphatic rings. The minimum absolute atomic E-state index is 0.447. The molecule has 0 bridgehead atoms. The van der Waals surface area contributed by atoms with Crippen molar-refractivity contribution in [3.05, 3.63) is 48.5 Å². The van der Waals surface area contributed by atoms with Crippen LogP contribution >= 0.6 is 0 Å². The minimum Gasteiger partial charge on any atom is -0.391 e. The minimum atomic E-state index is -1.22. The molecule has 1 heterocycles. The zero-order valence-electron chi connectivity index (χ0n) is 20.1. The monoisotopic (exact) mass is 469 g/mol. The predicted octanol–water partition coefficient (Wildman–Crippen LogP) is 2.29. The normalized spacial score (nSPS) is 15.4. The number of piperazine rings is 1. The Hall–Kier alpha value is -3.30. The van der Waals surface area contributed by atoms with Crippen LogP contribution < -0.4 is 20.6 Å². The maximum absolute atomic E-state index is 12.5. The summed E-state index contributed by atoms with van der Waals surface area (Å²) in [5, 5.41) is 21.0. The van der Waals surface area contributed by atoms with E-state index < -0.39 is 24.1 Å². The molecule has 4 N–H and O–H groups in total. The molecule has 0 saturated carbocycles. The number of anilines is 2. The van der Waals surface area contributed by atoms with Gasteiger partial charge in [0.2, 0.25) is 0 Å². The zero-order chi connectivity index (χ0) is 24.7. The fourth-order valence-electron chi connectivity index (χ4n) is 4.18. The lowest BCUT2D eigenvalue weighted by Crippen LogP contribution is -2.58. The van der Waals surface area contributed by atoms with Crippen molar-refractivity contribution in [3.63, 3.8) is 0 Å². The summed E-state index contributed by atoms with van der Waals surface area (Å²) in [5.41, 5.74) is 6.11. The molecule has 0 spiro atoms. The van der Waals surface area contributed by atoms with E-state index in [-0.39, 0.29) is 0 Å². The van der Waals surface area contributed by atoms with Crippen LogP contribution in [-0.4, -0.2) is 78.6 Å². The molecule has 3 amide bonds. The number of carbonyl (C=O) groups excluding carboxylic acids is 2. The Balaban J connectivity index is 1.57. The maximum Gasteiger partial charge on any atom is 0.318 e. The number of nitrogens with one attached hydrogen (secondary N) is 2. The van der Waals surface area contributed by atoms with Crippen LogP contribution in [0.3, 0.4) is 0 Å². The van der Waals surface area contributed by atoms with Crippen molar-refractivity contribution in [2.45, 2.75) is 32.9 Å². The van der Waals surface area contributed by atoms with Crippen molar-refractivity contribution in [3.8, 4) is 11.1 Å². The predicted molar refractivity (Wildman–Crippen MR) is 133 cm³/mol. The third-order valence-electron chi connectivity index (χ3n) is 6.28. The summed E-state index contributed by atoms with van der Waals surface area (Å²) < 4.78 is 0. The van der Waals surface area contributed by atoms with Gasteiger partial charge in [-0.1, -0.05) is 24.3 Å². The molecule has 3 rings (SSSR count). The average molecular weight is 470 g/mol. The number of benzene rings is 2. The van der Waals surface area contributed by atoms with E-state index in [9.17, 15) is 14.7 Å². The van der Waals surface area contributed by atoms with Crippen molar-refractivity contribution >= 4 is 23.3 Å². The highest BCUT2D eigenvalue weighted by molar-refractivity contribution is 5.87. The van der Waals surface area contributed by atoms with Crippen molar-refractivity contribution in [1.82, 2.24) is 15.7 Å². The Bertz CT molecular complexity index is 937. The number of nitrogens with zero attached hydrogens (tertiary/aromatic N) is 3. The molecule has 0 aliphatic carbocycles. The summed E-state index contributed by atoms with van der Waals surface area (Å²) >= 11 is 0. The van der Waals surface area contributed by atoms with Crippen LogP contribution in [0, 0.1) is 0 Å². The van der Waals surface area contributed by atoms with Gasteiger partial charge in [0.05, 0.1) is 6.10 Å². The lowest BCUT2D eigenvalue weighted by molar-refractivity contribution is -0.133. The molecule has 34 heavy (non-hydrogen) atoms. The fourth-order valence-corrected chi connectivity index (χ4v) is 4.18. The van der Waals surface area contributed by atoms with Crippen molar-refractivity contribution in [2.75, 3.05) is 49.1 Å². The summed E-state index contributed by atoms with van der Waals surface area (Å²) in [4.78, 5) is 30.3. The summed E-state index contributed by atoms with van der Waals surface area (Å²) in [6.45, 7) is 9.92. The molecule has 2 aromatic rings. The van der Waals surface area contributed by atoms with Crippen molar-refractivity contribution in [2.24, 2.45) is 0 Å². The molecule has 9 heteroatoms. The van der Waals surface area contributed by atoms with E-state index in [1.807, 2.05) is 0 Å². The number of carbonyl (C=O) groups is 2. The van der Waals surface area contributed by atoms with Gasteiger partial charge in [0, 0.05) is 50.6 Å². The number of aliphatic hydroxyl groups is 1. The Kier molecular flexibility index (Phi) is 8.72. The number of hydrogen-bond donors (Lipinski definition) is 4. The molecular weight excluding hydrogens is 434 g/mol. The van der Waals surface area contributed by atoms with E-state index in [2.05, 4.69) is 77.5 Å². The Morgan fingerprint density at radius 1 is 0.941 bits per heavy atom. The van der Waals surface area contributed by atoms with Crippen LogP contribution in [0.5, 0.6) is 0 Å². The average Bonchev–Trinajstić information content (AvgIpc) is 2.88. The quantitative estimate of drug-likeness (QED) is 0.349. The van der Waals surface area contributed by atoms with Gasteiger partial charge in [0.25, 0.3) is 5.91 Å². The van der Waals surface area contributed by atoms with Gasteiger partial charge < -0.3 is 25.1 Å². The third kappa shape index (κ3) is 5.98. The van der Waals surface area contributed by atoms with Gasteiger partial charge in [-0.3, -0.25) is 10.0 Å². The standard InChI is InChI=1S/C25H35N5O4/c1-4-28(5-2)21-10-6-19(7-11-21)20-8-12-22(13-9-20)29-14-16-30(17-15-29)25(33)26-23(18(3)31)24(32)27-34/h6-13,18,23,31,34H,4-5,14-17H2,1-3H3,(H,26,33)(H,27,32)/t18-,23+/m0/s1. The molecule has 0 aromatic heterocycles. The molecule has 184 valence electrons. The lowest BCUT2D eigenvalue weighted by atomic mass is 10.0.